The fourth-order valence-electron chi connectivity index (χ4n) is 0.888. The van der Waals surface area contributed by atoms with E-state index in [0.717, 1.165) is 5.56 Å². The van der Waals surface area contributed by atoms with Crippen molar-refractivity contribution < 1.29 is 13.9 Å². The van der Waals surface area contributed by atoms with Crippen LogP contribution in [0.1, 0.15) is 5.56 Å². The predicted molar refractivity (Wildman–Crippen MR) is 51.0 cm³/mol. The lowest BCUT2D eigenvalue weighted by atomic mass is 10.2. The van der Waals surface area contributed by atoms with Crippen molar-refractivity contribution in [1.29, 1.82) is 0 Å². The van der Waals surface area contributed by atoms with E-state index in [2.05, 4.69) is 4.74 Å². The van der Waals surface area contributed by atoms with Crippen molar-refractivity contribution >= 4 is 12.2 Å². The second-order valence-corrected chi connectivity index (χ2v) is 2.58. The predicted octanol–water partition coefficient (Wildman–Crippen LogP) is 1.93. The van der Waals surface area contributed by atoms with Gasteiger partial charge in [-0.3, -0.25) is 0 Å². The monoisotopic (exact) mass is 195 g/mol. The lowest BCUT2D eigenvalue weighted by Crippen LogP contribution is -2.12. The van der Waals surface area contributed by atoms with Gasteiger partial charge in [-0.15, -0.1) is 0 Å². The summed E-state index contributed by atoms with van der Waals surface area (Å²) in [5.41, 5.74) is 5.58. The average molecular weight is 195 g/mol. The molecule has 0 aliphatic rings. The highest BCUT2D eigenvalue weighted by Crippen LogP contribution is 2.04. The molecule has 4 heteroatoms. The van der Waals surface area contributed by atoms with Crippen LogP contribution in [0.15, 0.2) is 30.3 Å². The Balaban J connectivity index is 2.44. The van der Waals surface area contributed by atoms with Crippen LogP contribution in [-0.4, -0.2) is 12.7 Å². The zero-order valence-corrected chi connectivity index (χ0v) is 7.44. The number of hydrogen-bond donors (Lipinski definition) is 1. The van der Waals surface area contributed by atoms with Crippen molar-refractivity contribution in [2.24, 2.45) is 5.73 Å². The standard InChI is InChI=1S/C10H10FNO2/c11-9-5-3-8(4-6-9)2-1-7-14-10(12)13/h1-6H,7H2,(H2,12,13)/b2-1+. The number of hydrogen-bond acceptors (Lipinski definition) is 2. The van der Waals surface area contributed by atoms with Crippen molar-refractivity contribution in [3.8, 4) is 0 Å². The summed E-state index contributed by atoms with van der Waals surface area (Å²) in [6.45, 7) is 0.118. The second-order valence-electron chi connectivity index (χ2n) is 2.58. The SMILES string of the molecule is NC(=O)OC/C=C/c1ccc(F)cc1. The number of carbonyl (C=O) groups is 1. The van der Waals surface area contributed by atoms with E-state index in [1.54, 1.807) is 24.3 Å². The Morgan fingerprint density at radius 1 is 1.43 bits per heavy atom. The van der Waals surface area contributed by atoms with Gasteiger partial charge in [-0.2, -0.15) is 0 Å². The van der Waals surface area contributed by atoms with Gasteiger partial charge in [0.15, 0.2) is 0 Å². The van der Waals surface area contributed by atoms with E-state index in [9.17, 15) is 9.18 Å². The maximum absolute atomic E-state index is 12.5. The molecule has 0 saturated carbocycles. The van der Waals surface area contributed by atoms with Crippen molar-refractivity contribution in [3.63, 3.8) is 0 Å². The lowest BCUT2D eigenvalue weighted by Gasteiger charge is -1.95. The molecule has 0 aromatic heterocycles. The van der Waals surface area contributed by atoms with E-state index in [0.29, 0.717) is 0 Å². The third-order valence-electron chi connectivity index (χ3n) is 1.50. The van der Waals surface area contributed by atoms with Gasteiger partial charge in [0.1, 0.15) is 12.4 Å². The minimum absolute atomic E-state index is 0.118. The molecule has 0 aliphatic carbocycles. The zero-order valence-electron chi connectivity index (χ0n) is 7.44. The van der Waals surface area contributed by atoms with Crippen LogP contribution < -0.4 is 5.73 Å². The molecule has 74 valence electrons. The van der Waals surface area contributed by atoms with E-state index in [-0.39, 0.29) is 12.4 Å². The first kappa shape index (κ1) is 10.2. The number of halogens is 1. The van der Waals surface area contributed by atoms with Crippen molar-refractivity contribution in [2.45, 2.75) is 0 Å². The zero-order chi connectivity index (χ0) is 10.4. The average Bonchev–Trinajstić information content (AvgIpc) is 2.15. The first-order chi connectivity index (χ1) is 6.68. The Bertz CT molecular complexity index is 332. The molecule has 1 aromatic rings. The fraction of sp³-hybridized carbons (Fsp3) is 0.100. The Hall–Kier alpha value is -1.84. The van der Waals surface area contributed by atoms with Gasteiger partial charge in [0.2, 0.25) is 0 Å². The van der Waals surface area contributed by atoms with E-state index in [1.807, 2.05) is 0 Å². The minimum atomic E-state index is -0.811. The molecule has 0 fully saturated rings. The number of nitrogens with two attached hydrogens (primary N) is 1. The van der Waals surface area contributed by atoms with Gasteiger partial charge in [0.05, 0.1) is 0 Å². The summed E-state index contributed by atoms with van der Waals surface area (Å²) in [6, 6.07) is 5.95. The number of rotatable bonds is 3. The minimum Gasteiger partial charge on any atom is -0.445 e. The molecule has 1 aromatic carbocycles. The largest absolute Gasteiger partial charge is 0.445 e. The lowest BCUT2D eigenvalue weighted by molar-refractivity contribution is 0.169. The molecule has 0 spiro atoms. The first-order valence-corrected chi connectivity index (χ1v) is 4.03. The number of primary amides is 1. The van der Waals surface area contributed by atoms with Gasteiger partial charge >= 0.3 is 6.09 Å². The Morgan fingerprint density at radius 3 is 2.64 bits per heavy atom. The van der Waals surface area contributed by atoms with Crippen LogP contribution in [0.25, 0.3) is 6.08 Å². The van der Waals surface area contributed by atoms with Crippen LogP contribution in [-0.2, 0) is 4.74 Å². The quantitative estimate of drug-likeness (QED) is 0.801. The summed E-state index contributed by atoms with van der Waals surface area (Å²) in [5, 5.41) is 0. The van der Waals surface area contributed by atoms with Crippen molar-refractivity contribution in [2.75, 3.05) is 6.61 Å². The summed E-state index contributed by atoms with van der Waals surface area (Å²) in [7, 11) is 0. The molecule has 3 nitrogen and oxygen atoms in total. The third-order valence-corrected chi connectivity index (χ3v) is 1.50. The molecule has 0 radical (unpaired) electrons. The smallest absolute Gasteiger partial charge is 0.404 e. The summed E-state index contributed by atoms with van der Waals surface area (Å²) in [6.07, 6.45) is 2.52. The van der Waals surface area contributed by atoms with Crippen LogP contribution >= 0.6 is 0 Å². The molecule has 0 atom stereocenters. The molecule has 14 heavy (non-hydrogen) atoms. The fourth-order valence-corrected chi connectivity index (χ4v) is 0.888. The van der Waals surface area contributed by atoms with E-state index in [1.165, 1.54) is 12.1 Å². The molecule has 1 rings (SSSR count). The molecule has 1 amide bonds. The summed E-state index contributed by atoms with van der Waals surface area (Å²) >= 11 is 0. The number of ether oxygens (including phenoxy) is 1. The molecule has 0 heterocycles. The van der Waals surface area contributed by atoms with E-state index >= 15 is 0 Å². The molecular weight excluding hydrogens is 185 g/mol. The maximum atomic E-state index is 12.5. The van der Waals surface area contributed by atoms with Crippen molar-refractivity contribution in [1.82, 2.24) is 0 Å². The van der Waals surface area contributed by atoms with Gasteiger partial charge in [-0.25, -0.2) is 9.18 Å². The summed E-state index contributed by atoms with van der Waals surface area (Å²) < 4.78 is 16.9. The van der Waals surface area contributed by atoms with Crippen LogP contribution in [0.5, 0.6) is 0 Å². The van der Waals surface area contributed by atoms with Crippen LogP contribution in [0.2, 0.25) is 0 Å². The van der Waals surface area contributed by atoms with Crippen LogP contribution in [0.4, 0.5) is 9.18 Å². The topological polar surface area (TPSA) is 52.3 Å². The van der Waals surface area contributed by atoms with E-state index < -0.39 is 6.09 Å². The van der Waals surface area contributed by atoms with Gasteiger partial charge in [0.25, 0.3) is 0 Å². The highest BCUT2D eigenvalue weighted by Gasteiger charge is 1.90. The summed E-state index contributed by atoms with van der Waals surface area (Å²) in [4.78, 5) is 10.2. The highest BCUT2D eigenvalue weighted by molar-refractivity contribution is 5.64. The number of benzene rings is 1. The molecule has 0 saturated heterocycles. The molecule has 0 aliphatic heterocycles. The van der Waals surface area contributed by atoms with Crippen LogP contribution in [0, 0.1) is 5.82 Å². The summed E-state index contributed by atoms with van der Waals surface area (Å²) in [5.74, 6) is -0.282. The third kappa shape index (κ3) is 3.71. The second kappa shape index (κ2) is 5.01. The van der Waals surface area contributed by atoms with Crippen molar-refractivity contribution in [3.05, 3.63) is 41.7 Å². The number of amides is 1. The molecule has 0 unspecified atom stereocenters. The molecular formula is C10H10FNO2. The Morgan fingerprint density at radius 2 is 2.07 bits per heavy atom. The Labute approximate surface area is 81.0 Å². The van der Waals surface area contributed by atoms with Gasteiger partial charge < -0.3 is 10.5 Å². The van der Waals surface area contributed by atoms with Gasteiger partial charge in [-0.1, -0.05) is 18.2 Å². The van der Waals surface area contributed by atoms with Gasteiger partial charge in [-0.05, 0) is 23.8 Å². The highest BCUT2D eigenvalue weighted by atomic mass is 19.1. The molecule has 0 bridgehead atoms. The van der Waals surface area contributed by atoms with E-state index in [4.69, 9.17) is 5.73 Å². The normalized spacial score (nSPS) is 10.4. The maximum Gasteiger partial charge on any atom is 0.404 e. The first-order valence-electron chi connectivity index (χ1n) is 4.03. The van der Waals surface area contributed by atoms with Gasteiger partial charge in [0, 0.05) is 0 Å². The Kier molecular flexibility index (Phi) is 3.67. The van der Waals surface area contributed by atoms with Crippen LogP contribution in [0.3, 0.4) is 0 Å². The molecule has 2 N–H and O–H groups in total. The number of carbonyl (C=O) groups excluding carboxylic acids is 1.